The van der Waals surface area contributed by atoms with Crippen molar-refractivity contribution in [2.45, 2.75) is 161 Å². The van der Waals surface area contributed by atoms with E-state index in [-0.39, 0.29) is 0 Å². The highest BCUT2D eigenvalue weighted by Gasteiger charge is 1.95. The predicted molar refractivity (Wildman–Crippen MR) is 134 cm³/mol. The lowest BCUT2D eigenvalue weighted by Crippen LogP contribution is -1.84. The van der Waals surface area contributed by atoms with Gasteiger partial charge in [0.15, 0.2) is 0 Å². The maximum absolute atomic E-state index is 3.12. The van der Waals surface area contributed by atoms with E-state index in [9.17, 15) is 0 Å². The number of hydrogen-bond acceptors (Lipinski definition) is 0. The zero-order valence-electron chi connectivity index (χ0n) is 19.5. The van der Waals surface area contributed by atoms with Crippen LogP contribution in [0.1, 0.15) is 161 Å². The van der Waals surface area contributed by atoms with E-state index < -0.39 is 0 Å². The molecule has 0 aromatic heterocycles. The minimum atomic E-state index is 1.09. The van der Waals surface area contributed by atoms with Gasteiger partial charge in [0.1, 0.15) is 0 Å². The average molecular weight is 409 g/mol. The van der Waals surface area contributed by atoms with Gasteiger partial charge in [0.25, 0.3) is 0 Å². The molecule has 0 amide bonds. The van der Waals surface area contributed by atoms with E-state index in [0.717, 1.165) is 6.42 Å². The van der Waals surface area contributed by atoms with E-state index in [0.29, 0.717) is 0 Å². The lowest BCUT2D eigenvalue weighted by atomic mass is 10.0. The molecule has 0 aliphatic heterocycles. The molecule has 0 aliphatic carbocycles. The standard InChI is InChI=1S/C27H53P/c1-2-3-4-5-6-7-8-9-10-11-12-13-14-15-16-17-18-19-20-21-22-23-24-25-26-27-28/h2-25,28H2,1H3. The molecule has 0 aromatic rings. The van der Waals surface area contributed by atoms with Crippen LogP contribution in [-0.2, 0) is 0 Å². The van der Waals surface area contributed by atoms with Crippen molar-refractivity contribution in [2.24, 2.45) is 0 Å². The van der Waals surface area contributed by atoms with E-state index in [1.54, 1.807) is 0 Å². The van der Waals surface area contributed by atoms with Gasteiger partial charge in [-0.2, -0.15) is 0 Å². The minimum absolute atomic E-state index is 1.09. The molecule has 0 aromatic carbocycles. The highest BCUT2D eigenvalue weighted by molar-refractivity contribution is 7.23. The van der Waals surface area contributed by atoms with Crippen molar-refractivity contribution in [1.29, 1.82) is 0 Å². The Morgan fingerprint density at radius 1 is 0.393 bits per heavy atom. The van der Waals surface area contributed by atoms with Gasteiger partial charge in [-0.25, -0.2) is 0 Å². The number of hydrogen-bond donors (Lipinski definition) is 0. The van der Waals surface area contributed by atoms with Gasteiger partial charge in [-0.15, -0.1) is 0 Å². The molecule has 0 N–H and O–H groups in total. The second-order valence-electron chi connectivity index (χ2n) is 8.85. The third-order valence-electron chi connectivity index (χ3n) is 6.01. The third-order valence-corrected chi connectivity index (χ3v) is 6.21. The van der Waals surface area contributed by atoms with Crippen LogP contribution in [0, 0.1) is 11.6 Å². The Balaban J connectivity index is 2.98. The maximum Gasteiger partial charge on any atom is 0.00919 e. The zero-order chi connectivity index (χ0) is 20.4. The van der Waals surface area contributed by atoms with Gasteiger partial charge in [-0.05, 0) is 6.42 Å². The van der Waals surface area contributed by atoms with Gasteiger partial charge in [0.2, 0.25) is 0 Å². The van der Waals surface area contributed by atoms with Crippen molar-refractivity contribution < 1.29 is 0 Å². The molecule has 0 heterocycles. The summed E-state index contributed by atoms with van der Waals surface area (Å²) in [5, 5.41) is 0. The van der Waals surface area contributed by atoms with Gasteiger partial charge in [0.05, 0.1) is 0 Å². The first kappa shape index (κ1) is 28.0. The molecule has 0 spiro atoms. The smallest absolute Gasteiger partial charge is 0.00919 e. The molecule has 28 heavy (non-hydrogen) atoms. The Kier molecular flexibility index (Phi) is 27.0. The minimum Gasteiger partial charge on any atom is -0.0992 e. The third kappa shape index (κ3) is 26.0. The van der Waals surface area contributed by atoms with Crippen LogP contribution in [0.3, 0.4) is 0 Å². The van der Waals surface area contributed by atoms with Crippen molar-refractivity contribution in [3.63, 3.8) is 0 Å². The summed E-state index contributed by atoms with van der Waals surface area (Å²) in [6, 6.07) is 0. The Bertz CT molecular complexity index is 325. The Labute approximate surface area is 182 Å². The summed E-state index contributed by atoms with van der Waals surface area (Å²) in [5.74, 6) is 3.12. The van der Waals surface area contributed by atoms with Crippen molar-refractivity contribution in [3.05, 3.63) is 0 Å². The van der Waals surface area contributed by atoms with E-state index in [1.165, 1.54) is 148 Å². The summed E-state index contributed by atoms with van der Waals surface area (Å²) < 4.78 is 0. The summed E-state index contributed by atoms with van der Waals surface area (Å²) in [6.07, 6.45) is 34.5. The predicted octanol–water partition coefficient (Wildman–Crippen LogP) is 10.2. The molecule has 0 saturated heterocycles. The number of unbranched alkanes of at least 4 members (excludes halogenated alkanes) is 23. The molecule has 0 fully saturated rings. The van der Waals surface area contributed by atoms with Gasteiger partial charge < -0.3 is 0 Å². The molecule has 1 heteroatoms. The van der Waals surface area contributed by atoms with Crippen LogP contribution in [-0.4, -0.2) is 0 Å². The lowest BCUT2D eigenvalue weighted by molar-refractivity contribution is 0.518. The maximum atomic E-state index is 3.12. The Hall–Kier alpha value is -0.0100. The van der Waals surface area contributed by atoms with Gasteiger partial charge in [-0.3, -0.25) is 0 Å². The summed E-state index contributed by atoms with van der Waals surface area (Å²) in [4.78, 5) is 0. The van der Waals surface area contributed by atoms with Crippen LogP contribution >= 0.6 is 9.24 Å². The topological polar surface area (TPSA) is 0 Å². The molecule has 1 unspecified atom stereocenters. The SMILES string of the molecule is CCCCCCCCCCCCCCCCCCCCCCCCCC#CP. The van der Waals surface area contributed by atoms with Crippen LogP contribution in [0.15, 0.2) is 0 Å². The second kappa shape index (κ2) is 27.0. The Morgan fingerprint density at radius 3 is 0.893 bits per heavy atom. The molecule has 0 bridgehead atoms. The first-order valence-corrected chi connectivity index (χ1v) is 13.7. The number of rotatable bonds is 23. The molecular formula is C27H53P. The largest absolute Gasteiger partial charge is 0.0992 e. The van der Waals surface area contributed by atoms with E-state index in [4.69, 9.17) is 0 Å². The van der Waals surface area contributed by atoms with Crippen molar-refractivity contribution >= 4 is 9.24 Å². The van der Waals surface area contributed by atoms with Crippen molar-refractivity contribution in [1.82, 2.24) is 0 Å². The summed E-state index contributed by atoms with van der Waals surface area (Å²) in [7, 11) is 2.48. The molecule has 0 radical (unpaired) electrons. The van der Waals surface area contributed by atoms with Crippen LogP contribution < -0.4 is 0 Å². The van der Waals surface area contributed by atoms with Crippen LogP contribution in [0.2, 0.25) is 0 Å². The van der Waals surface area contributed by atoms with Gasteiger partial charge in [0, 0.05) is 6.42 Å². The average Bonchev–Trinajstić information content (AvgIpc) is 2.71. The fourth-order valence-electron chi connectivity index (χ4n) is 4.07. The van der Waals surface area contributed by atoms with E-state index >= 15 is 0 Å². The monoisotopic (exact) mass is 408 g/mol. The Morgan fingerprint density at radius 2 is 0.643 bits per heavy atom. The fourth-order valence-corrected chi connectivity index (χ4v) is 4.22. The molecule has 0 aliphatic rings. The molecule has 166 valence electrons. The quantitative estimate of drug-likeness (QED) is 0.0895. The van der Waals surface area contributed by atoms with E-state index in [2.05, 4.69) is 27.7 Å². The van der Waals surface area contributed by atoms with Crippen molar-refractivity contribution in [3.8, 4) is 11.6 Å². The molecular weight excluding hydrogens is 355 g/mol. The first-order valence-electron chi connectivity index (χ1n) is 13.1. The highest BCUT2D eigenvalue weighted by atomic mass is 31.0. The van der Waals surface area contributed by atoms with Gasteiger partial charge >= 0.3 is 0 Å². The first-order chi connectivity index (χ1) is 13.9. The highest BCUT2D eigenvalue weighted by Crippen LogP contribution is 2.15. The summed E-state index contributed by atoms with van der Waals surface area (Å²) in [6.45, 7) is 2.30. The van der Waals surface area contributed by atoms with Crippen LogP contribution in [0.5, 0.6) is 0 Å². The van der Waals surface area contributed by atoms with Crippen LogP contribution in [0.4, 0.5) is 0 Å². The van der Waals surface area contributed by atoms with E-state index in [1.807, 2.05) is 0 Å². The van der Waals surface area contributed by atoms with Crippen molar-refractivity contribution in [2.75, 3.05) is 0 Å². The lowest BCUT2D eigenvalue weighted by Gasteiger charge is -2.04. The normalized spacial score (nSPS) is 10.8. The molecule has 1 atom stereocenters. The summed E-state index contributed by atoms with van der Waals surface area (Å²) >= 11 is 0. The zero-order valence-corrected chi connectivity index (χ0v) is 20.7. The molecule has 0 nitrogen and oxygen atoms in total. The fraction of sp³-hybridized carbons (Fsp3) is 0.926. The molecule has 0 rings (SSSR count). The van der Waals surface area contributed by atoms with Crippen LogP contribution in [0.25, 0.3) is 0 Å². The second-order valence-corrected chi connectivity index (χ2v) is 9.14. The van der Waals surface area contributed by atoms with Gasteiger partial charge in [-0.1, -0.05) is 169 Å². The molecule has 0 saturated carbocycles. The summed E-state index contributed by atoms with van der Waals surface area (Å²) in [5.41, 5.74) is 2.90.